The second-order valence-electron chi connectivity index (χ2n) is 6.33. The number of fused-ring (bicyclic) bond motifs is 4. The van der Waals surface area contributed by atoms with Gasteiger partial charge in [0.1, 0.15) is 5.76 Å². The Bertz CT molecular complexity index is 669. The largest absolute Gasteiger partial charge is 0.361 e. The highest BCUT2D eigenvalue weighted by atomic mass is 32.2. The predicted octanol–water partition coefficient (Wildman–Crippen LogP) is 0.408. The quantitative estimate of drug-likeness (QED) is 0.803. The number of hydrogen-bond donors (Lipinski definition) is 0. The molecule has 4 heterocycles. The van der Waals surface area contributed by atoms with Crippen LogP contribution in [0.1, 0.15) is 24.3 Å². The first-order chi connectivity index (χ1) is 10.3. The van der Waals surface area contributed by atoms with Crippen molar-refractivity contribution in [3.8, 4) is 0 Å². The lowest BCUT2D eigenvalue weighted by Gasteiger charge is -2.36. The highest BCUT2D eigenvalue weighted by Gasteiger charge is 2.39. The summed E-state index contributed by atoms with van der Waals surface area (Å²) in [5.74, 6) is 0.762. The van der Waals surface area contributed by atoms with Gasteiger partial charge in [0.25, 0.3) is 0 Å². The maximum atomic E-state index is 12.5. The molecule has 2 bridgehead atoms. The number of aromatic nitrogens is 1. The van der Waals surface area contributed by atoms with Crippen LogP contribution < -0.4 is 0 Å². The highest BCUT2D eigenvalue weighted by Crippen LogP contribution is 2.29. The third-order valence-corrected chi connectivity index (χ3v) is 5.71. The van der Waals surface area contributed by atoms with Crippen molar-refractivity contribution in [3.63, 3.8) is 0 Å². The number of rotatable bonds is 3. The van der Waals surface area contributed by atoms with Crippen molar-refractivity contribution >= 4 is 15.9 Å². The number of piperidine rings is 1. The Balaban J connectivity index is 1.74. The van der Waals surface area contributed by atoms with Crippen LogP contribution in [0, 0.1) is 12.8 Å². The molecule has 3 saturated heterocycles. The van der Waals surface area contributed by atoms with E-state index in [0.29, 0.717) is 25.4 Å². The van der Waals surface area contributed by atoms with Crippen LogP contribution in [0.5, 0.6) is 0 Å². The Morgan fingerprint density at radius 2 is 2.14 bits per heavy atom. The maximum absolute atomic E-state index is 12.5. The van der Waals surface area contributed by atoms with Gasteiger partial charge >= 0.3 is 0 Å². The topological polar surface area (TPSA) is 83.7 Å². The Hall–Kier alpha value is -1.41. The van der Waals surface area contributed by atoms with Crippen LogP contribution in [-0.2, 0) is 21.2 Å². The summed E-state index contributed by atoms with van der Waals surface area (Å²) in [6, 6.07) is 1.72. The predicted molar refractivity (Wildman–Crippen MR) is 79.6 cm³/mol. The van der Waals surface area contributed by atoms with Gasteiger partial charge in [-0.25, -0.2) is 8.42 Å². The molecule has 1 aromatic rings. The van der Waals surface area contributed by atoms with Crippen LogP contribution in [0.2, 0.25) is 0 Å². The number of carbonyl (C=O) groups is 1. The molecule has 8 heteroatoms. The molecule has 0 N–H and O–H groups in total. The van der Waals surface area contributed by atoms with E-state index >= 15 is 0 Å². The standard InChI is InChI=1S/C14H21N3O4S/c1-10-5-13(21-15-10)6-14(18)17-8-11-3-4-12(17)9-16(7-11)22(2,19)20/h5,11-12H,3-4,6-9H2,1-2H3/t11-,12+/m0/s1. The van der Waals surface area contributed by atoms with Gasteiger partial charge in [0.05, 0.1) is 18.4 Å². The molecule has 3 aliphatic rings. The first kappa shape index (κ1) is 15.5. The average molecular weight is 327 g/mol. The van der Waals surface area contributed by atoms with Gasteiger partial charge in [0.2, 0.25) is 15.9 Å². The van der Waals surface area contributed by atoms with E-state index in [2.05, 4.69) is 5.16 Å². The van der Waals surface area contributed by atoms with Crippen LogP contribution >= 0.6 is 0 Å². The van der Waals surface area contributed by atoms with Crippen molar-refractivity contribution in [1.82, 2.24) is 14.4 Å². The van der Waals surface area contributed by atoms with E-state index < -0.39 is 10.0 Å². The summed E-state index contributed by atoms with van der Waals surface area (Å²) in [6.45, 7) is 3.36. The highest BCUT2D eigenvalue weighted by molar-refractivity contribution is 7.88. The van der Waals surface area contributed by atoms with Gasteiger partial charge in [-0.1, -0.05) is 5.16 Å². The van der Waals surface area contributed by atoms with Crippen molar-refractivity contribution in [2.24, 2.45) is 5.92 Å². The van der Waals surface area contributed by atoms with Crippen molar-refractivity contribution < 1.29 is 17.7 Å². The van der Waals surface area contributed by atoms with Crippen LogP contribution in [0.4, 0.5) is 0 Å². The molecule has 1 amide bonds. The van der Waals surface area contributed by atoms with E-state index in [9.17, 15) is 13.2 Å². The molecule has 2 atom stereocenters. The van der Waals surface area contributed by atoms with E-state index in [4.69, 9.17) is 4.52 Å². The average Bonchev–Trinajstić information content (AvgIpc) is 2.66. The monoisotopic (exact) mass is 327 g/mol. The minimum Gasteiger partial charge on any atom is -0.361 e. The zero-order chi connectivity index (χ0) is 15.9. The molecule has 0 saturated carbocycles. The van der Waals surface area contributed by atoms with E-state index in [0.717, 1.165) is 18.5 Å². The smallest absolute Gasteiger partial charge is 0.230 e. The second kappa shape index (κ2) is 5.66. The van der Waals surface area contributed by atoms with E-state index in [1.807, 2.05) is 11.8 Å². The molecule has 0 spiro atoms. The SMILES string of the molecule is Cc1cc(CC(=O)N2C[C@H]3CC[C@@H]2CN(S(C)(=O)=O)C3)on1. The number of hydrogen-bond acceptors (Lipinski definition) is 5. The van der Waals surface area contributed by atoms with Crippen LogP contribution in [0.25, 0.3) is 0 Å². The normalized spacial score (nSPS) is 26.2. The summed E-state index contributed by atoms with van der Waals surface area (Å²) in [4.78, 5) is 14.4. The molecule has 3 fully saturated rings. The molecular weight excluding hydrogens is 306 g/mol. The van der Waals surface area contributed by atoms with Gasteiger partial charge in [-0.05, 0) is 25.7 Å². The van der Waals surface area contributed by atoms with Crippen molar-refractivity contribution in [3.05, 3.63) is 17.5 Å². The minimum absolute atomic E-state index is 0.0128. The number of aryl methyl sites for hydroxylation is 1. The molecule has 0 radical (unpaired) electrons. The van der Waals surface area contributed by atoms with Crippen molar-refractivity contribution in [2.75, 3.05) is 25.9 Å². The lowest BCUT2D eigenvalue weighted by molar-refractivity contribution is -0.134. The molecule has 4 rings (SSSR count). The summed E-state index contributed by atoms with van der Waals surface area (Å²) >= 11 is 0. The molecule has 3 aliphatic heterocycles. The third-order valence-electron chi connectivity index (χ3n) is 4.47. The Kier molecular flexibility index (Phi) is 3.98. The summed E-state index contributed by atoms with van der Waals surface area (Å²) < 4.78 is 30.3. The van der Waals surface area contributed by atoms with Gasteiger partial charge < -0.3 is 9.42 Å². The number of carbonyl (C=O) groups excluding carboxylic acids is 1. The Labute approximate surface area is 130 Å². The molecule has 0 unspecified atom stereocenters. The van der Waals surface area contributed by atoms with Crippen LogP contribution in [0.15, 0.2) is 10.6 Å². The van der Waals surface area contributed by atoms with Gasteiger partial charge in [0.15, 0.2) is 0 Å². The Morgan fingerprint density at radius 1 is 1.36 bits per heavy atom. The Morgan fingerprint density at radius 3 is 2.77 bits per heavy atom. The summed E-state index contributed by atoms with van der Waals surface area (Å²) in [5, 5.41) is 3.79. The number of sulfonamides is 1. The first-order valence-electron chi connectivity index (χ1n) is 7.49. The summed E-state index contributed by atoms with van der Waals surface area (Å²) in [5.41, 5.74) is 0.753. The molecule has 1 aromatic heterocycles. The molecular formula is C14H21N3O4S. The minimum atomic E-state index is -3.21. The van der Waals surface area contributed by atoms with Crippen molar-refractivity contribution in [2.45, 2.75) is 32.2 Å². The van der Waals surface area contributed by atoms with E-state index in [1.54, 1.807) is 6.07 Å². The zero-order valence-electron chi connectivity index (χ0n) is 12.9. The van der Waals surface area contributed by atoms with E-state index in [1.165, 1.54) is 10.6 Å². The maximum Gasteiger partial charge on any atom is 0.230 e. The molecule has 7 nitrogen and oxygen atoms in total. The second-order valence-corrected chi connectivity index (χ2v) is 8.32. The number of amides is 1. The summed E-state index contributed by atoms with van der Waals surface area (Å²) in [6.07, 6.45) is 3.25. The number of nitrogens with zero attached hydrogens (tertiary/aromatic N) is 3. The molecule has 22 heavy (non-hydrogen) atoms. The van der Waals surface area contributed by atoms with Gasteiger partial charge in [0, 0.05) is 31.7 Å². The zero-order valence-corrected chi connectivity index (χ0v) is 13.7. The van der Waals surface area contributed by atoms with Crippen LogP contribution in [0.3, 0.4) is 0 Å². The lowest BCUT2D eigenvalue weighted by Crippen LogP contribution is -2.48. The molecule has 0 aromatic carbocycles. The van der Waals surface area contributed by atoms with Crippen molar-refractivity contribution in [1.29, 1.82) is 0 Å². The van der Waals surface area contributed by atoms with Gasteiger partial charge in [-0.3, -0.25) is 4.79 Å². The molecule has 122 valence electrons. The van der Waals surface area contributed by atoms with Gasteiger partial charge in [-0.2, -0.15) is 4.31 Å². The fourth-order valence-electron chi connectivity index (χ4n) is 3.37. The summed E-state index contributed by atoms with van der Waals surface area (Å²) in [7, 11) is -3.21. The lowest BCUT2D eigenvalue weighted by atomic mass is 9.94. The fraction of sp³-hybridized carbons (Fsp3) is 0.714. The van der Waals surface area contributed by atoms with E-state index in [-0.39, 0.29) is 24.3 Å². The molecule has 0 aliphatic carbocycles. The fourth-order valence-corrected chi connectivity index (χ4v) is 4.29. The first-order valence-corrected chi connectivity index (χ1v) is 9.34. The van der Waals surface area contributed by atoms with Crippen LogP contribution in [-0.4, -0.2) is 60.6 Å². The third kappa shape index (κ3) is 3.17. The van der Waals surface area contributed by atoms with Gasteiger partial charge in [-0.15, -0.1) is 0 Å².